The largest absolute Gasteiger partial charge is 0.274 e. The van der Waals surface area contributed by atoms with Crippen molar-refractivity contribution in [2.75, 3.05) is 0 Å². The lowest BCUT2D eigenvalue weighted by Gasteiger charge is -2.22. The molecule has 0 spiro atoms. The number of nitro groups is 2. The molecule has 0 saturated heterocycles. The number of rotatable bonds is 5. The van der Waals surface area contributed by atoms with Gasteiger partial charge in [0, 0.05) is 36.2 Å². The van der Waals surface area contributed by atoms with Crippen LogP contribution in [-0.2, 0) is 0 Å². The summed E-state index contributed by atoms with van der Waals surface area (Å²) in [7, 11) is 0. The van der Waals surface area contributed by atoms with Crippen LogP contribution in [0.3, 0.4) is 0 Å². The number of hydrazone groups is 1. The van der Waals surface area contributed by atoms with Crippen LogP contribution in [0.15, 0.2) is 77.9 Å². The molecule has 0 fully saturated rings. The number of nitro benzene ring substituents is 2. The molecular formula is C23H18N4O5. The van der Waals surface area contributed by atoms with Gasteiger partial charge in [-0.05, 0) is 24.1 Å². The van der Waals surface area contributed by atoms with Crippen LogP contribution < -0.4 is 0 Å². The molecule has 1 amide bonds. The molecule has 0 saturated carbocycles. The first-order valence-corrected chi connectivity index (χ1v) is 9.80. The van der Waals surface area contributed by atoms with Gasteiger partial charge in [-0.3, -0.25) is 25.0 Å². The molecule has 3 aromatic rings. The maximum atomic E-state index is 13.3. The third-order valence-corrected chi connectivity index (χ3v) is 5.27. The average molecular weight is 430 g/mol. The van der Waals surface area contributed by atoms with Crippen LogP contribution in [0.1, 0.15) is 39.5 Å². The SMILES string of the molecule is Cc1ccc(C2=NN(C(=O)c3cccc([N+](=O)[O-])c3)[C@H](c3cccc([N+](=O)[O-])c3)C2)cc1. The molecule has 160 valence electrons. The Kier molecular flexibility index (Phi) is 5.46. The van der Waals surface area contributed by atoms with E-state index in [4.69, 9.17) is 0 Å². The second-order valence-electron chi connectivity index (χ2n) is 7.44. The summed E-state index contributed by atoms with van der Waals surface area (Å²) in [5.41, 5.74) is 2.94. The number of nitrogens with zero attached hydrogens (tertiary/aromatic N) is 4. The number of aryl methyl sites for hydroxylation is 1. The molecular weight excluding hydrogens is 412 g/mol. The molecule has 9 heteroatoms. The van der Waals surface area contributed by atoms with E-state index < -0.39 is 21.8 Å². The van der Waals surface area contributed by atoms with Crippen molar-refractivity contribution >= 4 is 23.0 Å². The Bertz CT molecular complexity index is 1250. The van der Waals surface area contributed by atoms with Gasteiger partial charge in [-0.25, -0.2) is 5.01 Å². The monoisotopic (exact) mass is 430 g/mol. The van der Waals surface area contributed by atoms with Gasteiger partial charge < -0.3 is 0 Å². The molecule has 3 aromatic carbocycles. The average Bonchev–Trinajstić information content (AvgIpc) is 3.24. The number of non-ortho nitro benzene ring substituents is 2. The van der Waals surface area contributed by atoms with Gasteiger partial charge in [0.1, 0.15) is 0 Å². The summed E-state index contributed by atoms with van der Waals surface area (Å²) in [5, 5.41) is 28.2. The van der Waals surface area contributed by atoms with Crippen LogP contribution in [0.4, 0.5) is 11.4 Å². The number of benzene rings is 3. The fourth-order valence-electron chi connectivity index (χ4n) is 3.61. The number of hydrogen-bond acceptors (Lipinski definition) is 6. The van der Waals surface area contributed by atoms with Gasteiger partial charge >= 0.3 is 0 Å². The summed E-state index contributed by atoms with van der Waals surface area (Å²) in [6.07, 6.45) is 0.352. The minimum Gasteiger partial charge on any atom is -0.267 e. The van der Waals surface area contributed by atoms with E-state index in [0.29, 0.717) is 17.7 Å². The normalized spacial score (nSPS) is 15.3. The molecule has 0 aliphatic carbocycles. The molecule has 0 radical (unpaired) electrons. The van der Waals surface area contributed by atoms with Crippen molar-refractivity contribution in [2.45, 2.75) is 19.4 Å². The third-order valence-electron chi connectivity index (χ3n) is 5.27. The van der Waals surface area contributed by atoms with Crippen LogP contribution in [0.2, 0.25) is 0 Å². The second-order valence-corrected chi connectivity index (χ2v) is 7.44. The van der Waals surface area contributed by atoms with E-state index in [0.717, 1.165) is 11.1 Å². The Morgan fingerprint density at radius 1 is 0.938 bits per heavy atom. The quantitative estimate of drug-likeness (QED) is 0.425. The highest BCUT2D eigenvalue weighted by Gasteiger charge is 2.34. The number of carbonyl (C=O) groups excluding carboxylic acids is 1. The van der Waals surface area contributed by atoms with Gasteiger partial charge in [0.2, 0.25) is 0 Å². The molecule has 1 atom stereocenters. The van der Waals surface area contributed by atoms with Crippen LogP contribution in [-0.4, -0.2) is 26.5 Å². The first-order valence-electron chi connectivity index (χ1n) is 9.80. The fraction of sp³-hybridized carbons (Fsp3) is 0.130. The highest BCUT2D eigenvalue weighted by molar-refractivity contribution is 6.05. The standard InChI is InChI=1S/C23H18N4O5/c1-15-8-10-16(11-9-15)21-14-22(17-4-2-6-19(12-17)26(29)30)25(24-21)23(28)18-5-3-7-20(13-18)27(31)32/h2-13,22H,14H2,1H3/t22-/m0/s1. The van der Waals surface area contributed by atoms with Gasteiger partial charge in [0.25, 0.3) is 17.3 Å². The van der Waals surface area contributed by atoms with Gasteiger partial charge in [0.05, 0.1) is 21.6 Å². The smallest absolute Gasteiger partial charge is 0.267 e. The molecule has 0 aromatic heterocycles. The molecule has 32 heavy (non-hydrogen) atoms. The van der Waals surface area contributed by atoms with Crippen molar-refractivity contribution in [1.29, 1.82) is 0 Å². The highest BCUT2D eigenvalue weighted by Crippen LogP contribution is 2.35. The minimum atomic E-state index is -0.585. The van der Waals surface area contributed by atoms with Gasteiger partial charge in [-0.15, -0.1) is 0 Å². The molecule has 1 heterocycles. The van der Waals surface area contributed by atoms with Crippen LogP contribution in [0.5, 0.6) is 0 Å². The molecule has 1 aliphatic rings. The van der Waals surface area contributed by atoms with E-state index in [1.165, 1.54) is 41.4 Å². The van der Waals surface area contributed by atoms with Gasteiger partial charge in [-0.1, -0.05) is 48.0 Å². The molecule has 1 aliphatic heterocycles. The third kappa shape index (κ3) is 4.08. The van der Waals surface area contributed by atoms with Gasteiger partial charge in [-0.2, -0.15) is 5.10 Å². The van der Waals surface area contributed by atoms with E-state index >= 15 is 0 Å². The van der Waals surface area contributed by atoms with Crippen molar-refractivity contribution in [2.24, 2.45) is 5.10 Å². The second kappa shape index (κ2) is 8.38. The van der Waals surface area contributed by atoms with Crippen LogP contribution >= 0.6 is 0 Å². The molecule has 0 N–H and O–H groups in total. The Morgan fingerprint density at radius 3 is 2.22 bits per heavy atom. The topological polar surface area (TPSA) is 119 Å². The summed E-state index contributed by atoms with van der Waals surface area (Å²) < 4.78 is 0. The first kappa shape index (κ1) is 20.9. The Balaban J connectivity index is 1.76. The summed E-state index contributed by atoms with van der Waals surface area (Å²) in [4.78, 5) is 34.6. The van der Waals surface area contributed by atoms with E-state index in [1.54, 1.807) is 12.1 Å². The lowest BCUT2D eigenvalue weighted by Crippen LogP contribution is -2.27. The summed E-state index contributed by atoms with van der Waals surface area (Å²) in [5.74, 6) is -0.521. The van der Waals surface area contributed by atoms with E-state index in [9.17, 15) is 25.0 Å². The summed E-state index contributed by atoms with van der Waals surface area (Å²) in [6, 6.07) is 18.6. The first-order chi connectivity index (χ1) is 15.3. The van der Waals surface area contributed by atoms with Crippen LogP contribution in [0, 0.1) is 27.2 Å². The van der Waals surface area contributed by atoms with Crippen molar-refractivity contribution < 1.29 is 14.6 Å². The minimum absolute atomic E-state index is 0.0889. The zero-order valence-electron chi connectivity index (χ0n) is 17.0. The summed E-state index contributed by atoms with van der Waals surface area (Å²) >= 11 is 0. The highest BCUT2D eigenvalue weighted by atomic mass is 16.6. The van der Waals surface area contributed by atoms with Crippen molar-refractivity contribution in [3.05, 3.63) is 115 Å². The molecule has 0 unspecified atom stereocenters. The summed E-state index contributed by atoms with van der Waals surface area (Å²) in [6.45, 7) is 1.96. The maximum Gasteiger partial charge on any atom is 0.274 e. The van der Waals surface area contributed by atoms with Gasteiger partial charge in [0.15, 0.2) is 0 Å². The molecule has 9 nitrogen and oxygen atoms in total. The van der Waals surface area contributed by atoms with E-state index in [-0.39, 0.29) is 16.9 Å². The van der Waals surface area contributed by atoms with Crippen molar-refractivity contribution in [3.8, 4) is 0 Å². The lowest BCUT2D eigenvalue weighted by atomic mass is 9.97. The Hall–Kier alpha value is -4.40. The zero-order chi connectivity index (χ0) is 22.8. The number of carbonyl (C=O) groups is 1. The fourth-order valence-corrected chi connectivity index (χ4v) is 3.61. The maximum absolute atomic E-state index is 13.3. The predicted octanol–water partition coefficient (Wildman–Crippen LogP) is 4.80. The Labute approximate surface area is 182 Å². The van der Waals surface area contributed by atoms with E-state index in [2.05, 4.69) is 5.10 Å². The Morgan fingerprint density at radius 2 is 1.56 bits per heavy atom. The number of hydrogen-bond donors (Lipinski definition) is 0. The zero-order valence-corrected chi connectivity index (χ0v) is 17.0. The van der Waals surface area contributed by atoms with Crippen molar-refractivity contribution in [1.82, 2.24) is 5.01 Å². The molecule has 4 rings (SSSR count). The molecule has 0 bridgehead atoms. The van der Waals surface area contributed by atoms with E-state index in [1.807, 2.05) is 31.2 Å². The lowest BCUT2D eigenvalue weighted by molar-refractivity contribution is -0.385. The van der Waals surface area contributed by atoms with Crippen molar-refractivity contribution in [3.63, 3.8) is 0 Å². The number of amides is 1. The predicted molar refractivity (Wildman–Crippen MR) is 117 cm³/mol. The van der Waals surface area contributed by atoms with Crippen LogP contribution in [0.25, 0.3) is 0 Å².